The molecule has 0 radical (unpaired) electrons. The van der Waals surface area contributed by atoms with Crippen molar-refractivity contribution in [3.8, 4) is 5.75 Å². The van der Waals surface area contributed by atoms with Gasteiger partial charge in [0.1, 0.15) is 5.75 Å². The largest absolute Gasteiger partial charge is 1.00 e. The van der Waals surface area contributed by atoms with Crippen LogP contribution >= 0.6 is 0 Å². The van der Waals surface area contributed by atoms with Crippen molar-refractivity contribution in [3.05, 3.63) is 71.3 Å². The van der Waals surface area contributed by atoms with E-state index in [9.17, 15) is 14.7 Å². The Labute approximate surface area is 295 Å². The average Bonchev–Trinajstić information content (AvgIpc) is 3.59. The van der Waals surface area contributed by atoms with E-state index in [2.05, 4.69) is 47.5 Å². The van der Waals surface area contributed by atoms with Crippen molar-refractivity contribution in [2.45, 2.75) is 70.5 Å². The number of aromatic nitrogens is 1. The number of aryl methyl sites for hydroxylation is 1. The van der Waals surface area contributed by atoms with E-state index in [4.69, 9.17) is 4.74 Å². The van der Waals surface area contributed by atoms with Crippen molar-refractivity contribution >= 4 is 22.8 Å². The van der Waals surface area contributed by atoms with Gasteiger partial charge in [-0.05, 0) is 74.5 Å². The second kappa shape index (κ2) is 12.5. The summed E-state index contributed by atoms with van der Waals surface area (Å²) in [5.74, 6) is 0.0184. The molecule has 8 heteroatoms. The van der Waals surface area contributed by atoms with Gasteiger partial charge in [0.25, 0.3) is 5.91 Å². The molecule has 1 aliphatic carbocycles. The fourth-order valence-corrected chi connectivity index (χ4v) is 7.13. The van der Waals surface area contributed by atoms with Gasteiger partial charge in [0.2, 0.25) is 0 Å². The molecule has 6 rings (SSSR count). The maximum absolute atomic E-state index is 13.3. The number of fused-ring (bicyclic) bond motifs is 1. The Balaban J connectivity index is 0.00000323. The Morgan fingerprint density at radius 1 is 1.18 bits per heavy atom. The van der Waals surface area contributed by atoms with Crippen LogP contribution in [-0.4, -0.2) is 58.0 Å². The number of piperidine rings is 1. The van der Waals surface area contributed by atoms with Crippen LogP contribution in [0.25, 0.3) is 10.9 Å². The molecule has 1 amide bonds. The topological polar surface area (TPSA) is 85.9 Å². The summed E-state index contributed by atoms with van der Waals surface area (Å²) >= 11 is 0. The number of carbonyl (C=O) groups is 2. The first kappa shape index (κ1) is 30.2. The molecular weight excluding hydrogens is 623 g/mol. The number of nitrogens with zero attached hydrogens (tertiary/aromatic N) is 2. The predicted octanol–water partition coefficient (Wildman–Crippen LogP) is 2.89. The summed E-state index contributed by atoms with van der Waals surface area (Å²) in [7, 11) is 1.75. The van der Waals surface area contributed by atoms with E-state index in [1.165, 1.54) is 41.3 Å². The van der Waals surface area contributed by atoms with E-state index in [0.29, 0.717) is 17.5 Å². The van der Waals surface area contributed by atoms with Gasteiger partial charge in [-0.3, -0.25) is 14.5 Å². The monoisotopic (exact) mass is 661 g/mol. The number of aliphatic carboxylic acids is 1. The maximum Gasteiger partial charge on any atom is 1.00 e. The van der Waals surface area contributed by atoms with E-state index >= 15 is 0 Å². The summed E-state index contributed by atoms with van der Waals surface area (Å²) in [4.78, 5) is 32.3. The number of aromatic amines is 1. The second-order valence-corrected chi connectivity index (χ2v) is 11.8. The fraction of sp³-hybridized carbons (Fsp3) is 0.469. The summed E-state index contributed by atoms with van der Waals surface area (Å²) in [5.41, 5.74) is 5.81. The third-order valence-corrected chi connectivity index (χ3v) is 9.43. The predicted molar refractivity (Wildman–Crippen MR) is 151 cm³/mol. The van der Waals surface area contributed by atoms with Gasteiger partial charge < -0.3 is 26.1 Å². The van der Waals surface area contributed by atoms with Gasteiger partial charge in [0.05, 0.1) is 13.5 Å². The second-order valence-electron chi connectivity index (χ2n) is 11.8. The number of methoxy groups -OCH3 is 1. The Kier molecular flexibility index (Phi) is 9.46. The Bertz CT molecular complexity index is 1380. The fourth-order valence-electron chi connectivity index (χ4n) is 7.13. The Morgan fingerprint density at radius 3 is 2.62 bits per heavy atom. The molecule has 2 saturated heterocycles. The standard InChI is InChI=1S/C32H38N3O4.Cs/c1-21-17-28(39-2)26(25-10-14-33-30(21)25)20-34-16-13-32(11-4-12-32)19-27(34)22-6-8-23(9-7-22)31(38)35-15-3-5-24(35)18-29(36)37;/h4,6-10,14,17,24,27,33H,3,5,11-13,15-16,18-20H2,1-2H3,(H,36,37);/q-1;+1/t24-,27-;/m0./s1. The SMILES string of the molecule is COc1cc(C)c2[nH]ccc2c1CN1CCC2(C[CH-]C2)C[C@H]1c1ccc(C(=O)N2CCC[C@H]2CC(=O)O)cc1.[Cs+]. The number of hydrogen-bond acceptors (Lipinski definition) is 4. The third kappa shape index (κ3) is 5.82. The van der Waals surface area contributed by atoms with Crippen molar-refractivity contribution in [2.75, 3.05) is 20.2 Å². The molecule has 1 aromatic heterocycles. The first-order valence-electron chi connectivity index (χ1n) is 14.2. The van der Waals surface area contributed by atoms with Gasteiger partial charge in [-0.25, -0.2) is 0 Å². The smallest absolute Gasteiger partial charge is 0.496 e. The summed E-state index contributed by atoms with van der Waals surface area (Å²) in [5, 5.41) is 10.5. The zero-order valence-corrected chi connectivity index (χ0v) is 30.2. The minimum absolute atomic E-state index is 0. The van der Waals surface area contributed by atoms with Crippen molar-refractivity contribution in [3.63, 3.8) is 0 Å². The van der Waals surface area contributed by atoms with E-state index in [1.54, 1.807) is 12.0 Å². The van der Waals surface area contributed by atoms with Crippen LogP contribution in [0.2, 0.25) is 0 Å². The maximum atomic E-state index is 13.3. The van der Waals surface area contributed by atoms with Crippen LogP contribution in [0.1, 0.15) is 78.0 Å². The van der Waals surface area contributed by atoms with Gasteiger partial charge in [-0.2, -0.15) is 12.8 Å². The molecule has 2 atom stereocenters. The number of carboxylic acid groups (broad SMARTS) is 1. The Hall–Kier alpha value is -1.27. The molecule has 0 bridgehead atoms. The number of H-pyrrole nitrogens is 1. The van der Waals surface area contributed by atoms with Crippen LogP contribution in [0.3, 0.4) is 0 Å². The number of amides is 1. The zero-order valence-electron chi connectivity index (χ0n) is 23.9. The van der Waals surface area contributed by atoms with Crippen LogP contribution in [0.5, 0.6) is 5.75 Å². The molecule has 1 saturated carbocycles. The number of ether oxygens (including phenoxy) is 1. The molecule has 206 valence electrons. The number of likely N-dealkylation sites (tertiary alicyclic amines) is 2. The van der Waals surface area contributed by atoms with Crippen molar-refractivity contribution < 1.29 is 88.3 Å². The molecule has 3 aliphatic rings. The van der Waals surface area contributed by atoms with E-state index < -0.39 is 5.97 Å². The summed E-state index contributed by atoms with van der Waals surface area (Å²) in [6.45, 7) is 4.56. The zero-order chi connectivity index (χ0) is 27.1. The van der Waals surface area contributed by atoms with Gasteiger partial charge in [0, 0.05) is 53.4 Å². The quantitative estimate of drug-likeness (QED) is 0.381. The number of rotatable bonds is 7. The number of nitrogens with one attached hydrogen (secondary N) is 1. The number of carboxylic acids is 1. The molecule has 3 fully saturated rings. The number of hydrogen-bond donors (Lipinski definition) is 2. The third-order valence-electron chi connectivity index (χ3n) is 9.43. The molecule has 1 spiro atoms. The average molecular weight is 662 g/mol. The molecule has 3 heterocycles. The summed E-state index contributed by atoms with van der Waals surface area (Å²) in [6, 6.07) is 12.4. The van der Waals surface area contributed by atoms with Crippen molar-refractivity contribution in [1.82, 2.24) is 14.8 Å². The van der Waals surface area contributed by atoms with Crippen LogP contribution < -0.4 is 73.6 Å². The molecular formula is C32H38CsN3O4. The minimum atomic E-state index is -0.850. The first-order chi connectivity index (χ1) is 18.9. The molecule has 2 N–H and O–H groups in total. The van der Waals surface area contributed by atoms with Crippen molar-refractivity contribution in [1.29, 1.82) is 0 Å². The first-order valence-corrected chi connectivity index (χ1v) is 14.2. The van der Waals surface area contributed by atoms with Crippen molar-refractivity contribution in [2.24, 2.45) is 5.41 Å². The van der Waals surface area contributed by atoms with Gasteiger partial charge in [0.15, 0.2) is 0 Å². The van der Waals surface area contributed by atoms with Crippen LogP contribution in [0, 0.1) is 18.8 Å². The number of benzene rings is 2. The summed E-state index contributed by atoms with van der Waals surface area (Å²) in [6.07, 6.45) is 10.7. The minimum Gasteiger partial charge on any atom is -0.496 e. The molecule has 7 nitrogen and oxygen atoms in total. The molecule has 2 aliphatic heterocycles. The summed E-state index contributed by atoms with van der Waals surface area (Å²) < 4.78 is 5.86. The Morgan fingerprint density at radius 2 is 1.95 bits per heavy atom. The van der Waals surface area contributed by atoms with E-state index in [-0.39, 0.29) is 93.3 Å². The van der Waals surface area contributed by atoms with Gasteiger partial charge >= 0.3 is 74.9 Å². The van der Waals surface area contributed by atoms with Crippen LogP contribution in [0.4, 0.5) is 0 Å². The van der Waals surface area contributed by atoms with Gasteiger partial charge in [-0.15, -0.1) is 0 Å². The van der Waals surface area contributed by atoms with E-state index in [1.807, 2.05) is 18.3 Å². The van der Waals surface area contributed by atoms with Gasteiger partial charge in [-0.1, -0.05) is 17.5 Å². The van der Waals surface area contributed by atoms with Crippen LogP contribution in [-0.2, 0) is 11.3 Å². The normalized spacial score (nSPS) is 22.2. The number of carbonyl (C=O) groups excluding carboxylic acids is 1. The molecule has 0 unspecified atom stereocenters. The molecule has 2 aromatic carbocycles. The molecule has 3 aromatic rings. The van der Waals surface area contributed by atoms with E-state index in [0.717, 1.165) is 43.6 Å². The molecule has 40 heavy (non-hydrogen) atoms. The van der Waals surface area contributed by atoms with Crippen LogP contribution in [0.15, 0.2) is 42.6 Å².